The lowest BCUT2D eigenvalue weighted by Crippen LogP contribution is -2.10. The zero-order valence-corrected chi connectivity index (χ0v) is 8.16. The summed E-state index contributed by atoms with van der Waals surface area (Å²) in [6, 6.07) is 0. The Balaban J connectivity index is 3.74. The van der Waals surface area contributed by atoms with Crippen molar-refractivity contribution in [3.8, 4) is 0 Å². The third kappa shape index (κ3) is 6.04. The number of hydrogen-bond acceptors (Lipinski definition) is 3. The lowest BCUT2D eigenvalue weighted by molar-refractivity contribution is 0.836. The van der Waals surface area contributed by atoms with Gasteiger partial charge < -0.3 is 11.5 Å². The largest absolute Gasteiger partial charge is 0.387 e. The van der Waals surface area contributed by atoms with Crippen LogP contribution < -0.4 is 11.5 Å². The van der Waals surface area contributed by atoms with E-state index in [9.17, 15) is 0 Å². The molecule has 0 aliphatic carbocycles. The zero-order chi connectivity index (χ0) is 10.1. The summed E-state index contributed by atoms with van der Waals surface area (Å²) in [5, 5.41) is 0. The van der Waals surface area contributed by atoms with Gasteiger partial charge in [0.15, 0.2) is 0 Å². The van der Waals surface area contributed by atoms with Crippen molar-refractivity contribution < 1.29 is 0 Å². The molecule has 0 aliphatic heterocycles. The molecule has 0 rings (SSSR count). The summed E-state index contributed by atoms with van der Waals surface area (Å²) in [4.78, 5) is 7.71. The number of hydrogen-bond donors (Lipinski definition) is 2. The number of amidine groups is 1. The van der Waals surface area contributed by atoms with Gasteiger partial charge in [0.25, 0.3) is 0 Å². The van der Waals surface area contributed by atoms with E-state index in [0.29, 0.717) is 12.4 Å². The van der Waals surface area contributed by atoms with Crippen molar-refractivity contribution in [1.82, 2.24) is 0 Å². The number of nitrogens with zero attached hydrogens (tertiary/aromatic N) is 2. The molecule has 0 heterocycles. The molecule has 0 unspecified atom stereocenters. The van der Waals surface area contributed by atoms with E-state index >= 15 is 0 Å². The first-order valence-electron chi connectivity index (χ1n) is 4.31. The van der Waals surface area contributed by atoms with Gasteiger partial charge in [0, 0.05) is 25.7 Å². The van der Waals surface area contributed by atoms with Gasteiger partial charge in [0.1, 0.15) is 0 Å². The van der Waals surface area contributed by atoms with Crippen LogP contribution in [-0.2, 0) is 0 Å². The maximum atomic E-state index is 5.53. The first kappa shape index (κ1) is 11.8. The van der Waals surface area contributed by atoms with E-state index in [1.165, 1.54) is 0 Å². The van der Waals surface area contributed by atoms with Crippen LogP contribution in [0.3, 0.4) is 0 Å². The molecule has 4 N–H and O–H groups in total. The van der Waals surface area contributed by atoms with E-state index in [4.69, 9.17) is 11.5 Å². The molecule has 0 fully saturated rings. The molecule has 0 aromatic carbocycles. The Labute approximate surface area is 79.4 Å². The van der Waals surface area contributed by atoms with Crippen LogP contribution >= 0.6 is 0 Å². The van der Waals surface area contributed by atoms with Crippen molar-refractivity contribution in [2.24, 2.45) is 21.5 Å². The normalized spacial score (nSPS) is 13.1. The van der Waals surface area contributed by atoms with Crippen LogP contribution in [0, 0.1) is 0 Å². The van der Waals surface area contributed by atoms with Gasteiger partial charge in [-0.25, -0.2) is 0 Å². The van der Waals surface area contributed by atoms with Gasteiger partial charge in [-0.3, -0.25) is 9.98 Å². The highest BCUT2D eigenvalue weighted by molar-refractivity contribution is 5.80. The topological polar surface area (TPSA) is 76.8 Å². The Hall–Kier alpha value is -1.16. The fourth-order valence-electron chi connectivity index (χ4n) is 0.944. The maximum absolute atomic E-state index is 5.53. The van der Waals surface area contributed by atoms with E-state index in [1.807, 2.05) is 6.08 Å². The lowest BCUT2D eigenvalue weighted by Gasteiger charge is -2.00. The second-order valence-corrected chi connectivity index (χ2v) is 2.66. The third-order valence-electron chi connectivity index (χ3n) is 1.71. The van der Waals surface area contributed by atoms with Gasteiger partial charge in [-0.1, -0.05) is 0 Å². The van der Waals surface area contributed by atoms with E-state index in [1.54, 1.807) is 7.05 Å². The second-order valence-electron chi connectivity index (χ2n) is 2.66. The molecule has 0 aliphatic rings. The molecule has 0 saturated carbocycles. The standard InChI is InChI=1S/C9H18N4/c1-12-8(6-7-10)4-3-5-9(11)13-2/h6H,1,3-5,7,10H2,2H3,(H2,11,13)/b8-6+. The first-order valence-corrected chi connectivity index (χ1v) is 4.31. The van der Waals surface area contributed by atoms with Crippen LogP contribution in [-0.4, -0.2) is 26.1 Å². The van der Waals surface area contributed by atoms with Gasteiger partial charge in [-0.05, 0) is 25.6 Å². The minimum absolute atomic E-state index is 0.506. The molecule has 0 atom stereocenters. The van der Waals surface area contributed by atoms with Crippen LogP contribution in [0.4, 0.5) is 0 Å². The van der Waals surface area contributed by atoms with Crippen LogP contribution in [0.5, 0.6) is 0 Å². The minimum Gasteiger partial charge on any atom is -0.387 e. The summed E-state index contributed by atoms with van der Waals surface area (Å²) >= 11 is 0. The summed E-state index contributed by atoms with van der Waals surface area (Å²) in [7, 11) is 1.69. The highest BCUT2D eigenvalue weighted by Crippen LogP contribution is 2.07. The van der Waals surface area contributed by atoms with Gasteiger partial charge in [-0.15, -0.1) is 0 Å². The maximum Gasteiger partial charge on any atom is 0.0933 e. The summed E-state index contributed by atoms with van der Waals surface area (Å²) < 4.78 is 0. The molecule has 74 valence electrons. The minimum atomic E-state index is 0.506. The molecule has 4 nitrogen and oxygen atoms in total. The summed E-state index contributed by atoms with van der Waals surface area (Å²) in [5.41, 5.74) is 11.8. The van der Waals surface area contributed by atoms with E-state index < -0.39 is 0 Å². The molecule has 0 bridgehead atoms. The Bertz CT molecular complexity index is 206. The van der Waals surface area contributed by atoms with Crippen LogP contribution in [0.15, 0.2) is 21.8 Å². The Morgan fingerprint density at radius 3 is 2.62 bits per heavy atom. The molecular formula is C9H18N4. The number of allylic oxidation sites excluding steroid dienone is 1. The van der Waals surface area contributed by atoms with E-state index in [2.05, 4.69) is 16.7 Å². The fraction of sp³-hybridized carbons (Fsp3) is 0.556. The predicted molar refractivity (Wildman–Crippen MR) is 58.1 cm³/mol. The monoisotopic (exact) mass is 182 g/mol. The van der Waals surface area contributed by atoms with Crippen LogP contribution in [0.25, 0.3) is 0 Å². The molecule has 0 aromatic heterocycles. The molecule has 0 amide bonds. The lowest BCUT2D eigenvalue weighted by atomic mass is 10.2. The van der Waals surface area contributed by atoms with Crippen molar-refractivity contribution in [3.63, 3.8) is 0 Å². The average Bonchev–Trinajstić information content (AvgIpc) is 2.16. The van der Waals surface area contributed by atoms with Gasteiger partial charge in [-0.2, -0.15) is 0 Å². The molecule has 4 heteroatoms. The quantitative estimate of drug-likeness (QED) is 0.468. The highest BCUT2D eigenvalue weighted by Gasteiger charge is 1.95. The van der Waals surface area contributed by atoms with Crippen molar-refractivity contribution in [1.29, 1.82) is 0 Å². The summed E-state index contributed by atoms with van der Waals surface area (Å²) in [5.74, 6) is 0.677. The number of aliphatic imine (C=N–C) groups is 2. The molecule has 13 heavy (non-hydrogen) atoms. The fourth-order valence-corrected chi connectivity index (χ4v) is 0.944. The molecular weight excluding hydrogens is 164 g/mol. The summed E-state index contributed by atoms with van der Waals surface area (Å²) in [6.45, 7) is 3.97. The van der Waals surface area contributed by atoms with Crippen molar-refractivity contribution in [2.75, 3.05) is 13.6 Å². The molecule has 0 radical (unpaired) electrons. The Morgan fingerprint density at radius 2 is 2.15 bits per heavy atom. The van der Waals surface area contributed by atoms with Gasteiger partial charge in [0.05, 0.1) is 5.84 Å². The third-order valence-corrected chi connectivity index (χ3v) is 1.71. The number of rotatable bonds is 6. The number of nitrogens with two attached hydrogens (primary N) is 2. The van der Waals surface area contributed by atoms with Gasteiger partial charge >= 0.3 is 0 Å². The van der Waals surface area contributed by atoms with Crippen molar-refractivity contribution in [3.05, 3.63) is 11.8 Å². The van der Waals surface area contributed by atoms with Crippen molar-refractivity contribution >= 4 is 12.6 Å². The van der Waals surface area contributed by atoms with E-state index in [0.717, 1.165) is 25.0 Å². The SMILES string of the molecule is C=N/C(=C/CN)CCCC(N)=NC. The van der Waals surface area contributed by atoms with E-state index in [-0.39, 0.29) is 0 Å². The Morgan fingerprint density at radius 1 is 1.46 bits per heavy atom. The molecule has 0 saturated heterocycles. The highest BCUT2D eigenvalue weighted by atomic mass is 14.8. The smallest absolute Gasteiger partial charge is 0.0933 e. The van der Waals surface area contributed by atoms with Crippen LogP contribution in [0.1, 0.15) is 19.3 Å². The Kier molecular flexibility index (Phi) is 6.82. The predicted octanol–water partition coefficient (Wildman–Crippen LogP) is 0.687. The molecule has 0 spiro atoms. The molecule has 0 aromatic rings. The first-order chi connectivity index (χ1) is 6.24. The van der Waals surface area contributed by atoms with Crippen LogP contribution in [0.2, 0.25) is 0 Å². The second kappa shape index (κ2) is 7.49. The average molecular weight is 182 g/mol. The van der Waals surface area contributed by atoms with Crippen molar-refractivity contribution in [2.45, 2.75) is 19.3 Å². The zero-order valence-electron chi connectivity index (χ0n) is 8.16. The summed E-state index contributed by atoms with van der Waals surface area (Å²) in [6.07, 6.45) is 4.46. The van der Waals surface area contributed by atoms with Gasteiger partial charge in [0.2, 0.25) is 0 Å².